The number of benzene rings is 1. The molecule has 1 N–H and O–H groups in total. The molecule has 1 saturated heterocycles. The van der Waals surface area contributed by atoms with E-state index < -0.39 is 0 Å². The van der Waals surface area contributed by atoms with Crippen LogP contribution in [0.1, 0.15) is 58.5 Å². The van der Waals surface area contributed by atoms with Crippen LogP contribution in [0, 0.1) is 6.92 Å². The molecule has 0 aliphatic carbocycles. The van der Waals surface area contributed by atoms with E-state index in [1.807, 2.05) is 42.3 Å². The Bertz CT molecular complexity index is 1040. The van der Waals surface area contributed by atoms with Gasteiger partial charge in [-0.3, -0.25) is 4.79 Å². The predicted octanol–water partition coefficient (Wildman–Crippen LogP) is 3.54. The number of rotatable bonds is 2. The Morgan fingerprint density at radius 3 is 3.07 bits per heavy atom. The molecule has 144 valence electrons. The summed E-state index contributed by atoms with van der Waals surface area (Å²) in [5.74, 6) is 1.15. The van der Waals surface area contributed by atoms with Crippen molar-refractivity contribution in [3.8, 4) is 0 Å². The molecular weight excluding hydrogens is 352 g/mol. The maximum Gasteiger partial charge on any atom is 0.290 e. The van der Waals surface area contributed by atoms with Crippen molar-refractivity contribution < 1.29 is 9.21 Å². The minimum Gasteiger partial charge on any atom is -0.451 e. The number of carbonyl (C=O) groups is 1. The van der Waals surface area contributed by atoms with Crippen LogP contribution in [-0.4, -0.2) is 33.9 Å². The van der Waals surface area contributed by atoms with Crippen LogP contribution in [0.3, 0.4) is 0 Å². The van der Waals surface area contributed by atoms with E-state index in [0.29, 0.717) is 12.3 Å². The lowest BCUT2D eigenvalue weighted by atomic mass is 9.99. The quantitative estimate of drug-likeness (QED) is 0.741. The van der Waals surface area contributed by atoms with Gasteiger partial charge >= 0.3 is 0 Å². The van der Waals surface area contributed by atoms with Crippen molar-refractivity contribution in [1.29, 1.82) is 0 Å². The van der Waals surface area contributed by atoms with Gasteiger partial charge in [0.1, 0.15) is 5.58 Å². The Balaban J connectivity index is 1.50. The number of amides is 1. The average molecular weight is 376 g/mol. The van der Waals surface area contributed by atoms with Crippen molar-refractivity contribution in [2.45, 2.75) is 45.2 Å². The normalized spacial score (nSPS) is 19.6. The van der Waals surface area contributed by atoms with Crippen molar-refractivity contribution >= 4 is 16.9 Å². The van der Waals surface area contributed by atoms with E-state index in [4.69, 9.17) is 9.40 Å². The topological polar surface area (TPSA) is 71.3 Å². The van der Waals surface area contributed by atoms with E-state index in [2.05, 4.69) is 10.3 Å². The molecule has 1 fully saturated rings. The van der Waals surface area contributed by atoms with Crippen molar-refractivity contribution in [2.24, 2.45) is 0 Å². The Kier molecular flexibility index (Phi) is 4.36. The number of para-hydroxylation sites is 1. The Morgan fingerprint density at radius 2 is 2.18 bits per heavy atom. The van der Waals surface area contributed by atoms with E-state index in [1.54, 1.807) is 0 Å². The van der Waals surface area contributed by atoms with Crippen LogP contribution in [-0.2, 0) is 13.0 Å². The summed E-state index contributed by atoms with van der Waals surface area (Å²) in [5.41, 5.74) is 3.94. The number of carbonyl (C=O) groups excluding carboxylic acids is 1. The molecule has 1 amide bonds. The number of piperidine rings is 1. The predicted molar refractivity (Wildman–Crippen MR) is 106 cm³/mol. The van der Waals surface area contributed by atoms with Gasteiger partial charge in [0.15, 0.2) is 11.6 Å². The second-order valence-electron chi connectivity index (χ2n) is 7.69. The number of fused-ring (bicyclic) bond motifs is 2. The average Bonchev–Trinajstić information content (AvgIpc) is 3.09. The number of nitrogens with zero attached hydrogens (tertiary/aromatic N) is 3. The summed E-state index contributed by atoms with van der Waals surface area (Å²) in [4.78, 5) is 24.8. The van der Waals surface area contributed by atoms with Crippen LogP contribution in [0.25, 0.3) is 11.0 Å². The summed E-state index contributed by atoms with van der Waals surface area (Å²) >= 11 is 0. The van der Waals surface area contributed by atoms with Gasteiger partial charge in [0.25, 0.3) is 5.91 Å². The minimum absolute atomic E-state index is 0.0543. The lowest BCUT2D eigenvalue weighted by molar-refractivity contribution is 0.0568. The molecule has 0 saturated carbocycles. The Hall–Kier alpha value is -2.73. The molecule has 0 bridgehead atoms. The van der Waals surface area contributed by atoms with E-state index >= 15 is 0 Å². The third kappa shape index (κ3) is 2.88. The largest absolute Gasteiger partial charge is 0.451 e. The number of likely N-dealkylation sites (tertiary alicyclic amines) is 1. The number of nitrogens with one attached hydrogen (secondary N) is 1. The maximum absolute atomic E-state index is 13.4. The molecule has 1 atom stereocenters. The third-order valence-corrected chi connectivity index (χ3v) is 5.93. The highest BCUT2D eigenvalue weighted by Gasteiger charge is 2.33. The second-order valence-corrected chi connectivity index (χ2v) is 7.69. The van der Waals surface area contributed by atoms with Gasteiger partial charge in [0, 0.05) is 54.5 Å². The summed E-state index contributed by atoms with van der Waals surface area (Å²) in [6.45, 7) is 4.43. The number of aryl methyl sites for hydroxylation is 1. The zero-order valence-corrected chi connectivity index (χ0v) is 16.1. The molecule has 5 rings (SSSR count). The van der Waals surface area contributed by atoms with Crippen molar-refractivity contribution in [1.82, 2.24) is 20.2 Å². The number of hydrogen-bond acceptors (Lipinski definition) is 5. The first kappa shape index (κ1) is 17.4. The van der Waals surface area contributed by atoms with Crippen LogP contribution in [0.2, 0.25) is 0 Å². The Morgan fingerprint density at radius 1 is 1.29 bits per heavy atom. The zero-order chi connectivity index (χ0) is 19.1. The van der Waals surface area contributed by atoms with Gasteiger partial charge in [-0.15, -0.1) is 0 Å². The van der Waals surface area contributed by atoms with Gasteiger partial charge in [-0.1, -0.05) is 18.2 Å². The molecule has 4 heterocycles. The van der Waals surface area contributed by atoms with Crippen LogP contribution < -0.4 is 5.32 Å². The molecule has 3 aromatic rings. The Labute approximate surface area is 164 Å². The van der Waals surface area contributed by atoms with Gasteiger partial charge in [-0.25, -0.2) is 9.97 Å². The van der Waals surface area contributed by atoms with Crippen molar-refractivity contribution in [2.75, 3.05) is 13.1 Å². The van der Waals surface area contributed by atoms with Gasteiger partial charge in [0.05, 0.1) is 6.04 Å². The van der Waals surface area contributed by atoms with Crippen molar-refractivity contribution in [3.05, 3.63) is 58.9 Å². The highest BCUT2D eigenvalue weighted by atomic mass is 16.3. The molecule has 6 nitrogen and oxygen atoms in total. The first-order valence-corrected chi connectivity index (χ1v) is 10.1. The highest BCUT2D eigenvalue weighted by Crippen LogP contribution is 2.33. The second kappa shape index (κ2) is 7.02. The molecular formula is C22H24N4O2. The standard InChI is InChI=1S/C22H24N4O2/c1-14-16-6-2-3-8-19(16)28-20(14)22(27)26-11-5-4-7-18(26)21-24-13-15-12-23-10-9-17(15)25-21/h2-3,6,8,13,18,23H,4-5,7,9-12H2,1H3/t18-/m1/s1. The zero-order valence-electron chi connectivity index (χ0n) is 16.1. The summed E-state index contributed by atoms with van der Waals surface area (Å²) in [7, 11) is 0. The number of hydrogen-bond donors (Lipinski definition) is 1. The molecule has 2 aromatic heterocycles. The number of furan rings is 1. The van der Waals surface area contributed by atoms with Crippen LogP contribution >= 0.6 is 0 Å². The molecule has 1 aromatic carbocycles. The lowest BCUT2D eigenvalue weighted by Gasteiger charge is -2.34. The number of aromatic nitrogens is 2. The van der Waals surface area contributed by atoms with Gasteiger partial charge in [-0.2, -0.15) is 0 Å². The van der Waals surface area contributed by atoms with E-state index in [9.17, 15) is 4.79 Å². The smallest absolute Gasteiger partial charge is 0.290 e. The molecule has 2 aliphatic rings. The lowest BCUT2D eigenvalue weighted by Crippen LogP contribution is -2.39. The fourth-order valence-corrected chi connectivity index (χ4v) is 4.36. The van der Waals surface area contributed by atoms with E-state index in [1.165, 1.54) is 0 Å². The maximum atomic E-state index is 13.4. The molecule has 2 aliphatic heterocycles. The highest BCUT2D eigenvalue weighted by molar-refractivity contribution is 5.99. The van der Waals surface area contributed by atoms with Gasteiger partial charge in [0.2, 0.25) is 0 Å². The molecule has 28 heavy (non-hydrogen) atoms. The molecule has 0 spiro atoms. The fourth-order valence-electron chi connectivity index (χ4n) is 4.36. The van der Waals surface area contributed by atoms with Crippen LogP contribution in [0.4, 0.5) is 0 Å². The third-order valence-electron chi connectivity index (χ3n) is 5.93. The molecule has 0 unspecified atom stereocenters. The summed E-state index contributed by atoms with van der Waals surface area (Å²) in [6.07, 6.45) is 5.80. The van der Waals surface area contributed by atoms with Crippen LogP contribution in [0.15, 0.2) is 34.9 Å². The fraction of sp³-hybridized carbons (Fsp3) is 0.409. The van der Waals surface area contributed by atoms with E-state index in [-0.39, 0.29) is 11.9 Å². The van der Waals surface area contributed by atoms with Crippen molar-refractivity contribution in [3.63, 3.8) is 0 Å². The molecule has 0 radical (unpaired) electrons. The monoisotopic (exact) mass is 376 g/mol. The summed E-state index contributed by atoms with van der Waals surface area (Å²) in [5, 5.41) is 4.35. The van der Waals surface area contributed by atoms with Crippen LogP contribution in [0.5, 0.6) is 0 Å². The summed E-state index contributed by atoms with van der Waals surface area (Å²) in [6, 6.07) is 7.72. The molecule has 6 heteroatoms. The first-order chi connectivity index (χ1) is 13.7. The van der Waals surface area contributed by atoms with Gasteiger partial charge in [-0.05, 0) is 32.3 Å². The van der Waals surface area contributed by atoms with Gasteiger partial charge < -0.3 is 14.6 Å². The minimum atomic E-state index is -0.0888. The van der Waals surface area contributed by atoms with E-state index in [0.717, 1.165) is 72.4 Å². The SMILES string of the molecule is Cc1c(C(=O)N2CCCC[C@@H]2c2ncc3c(n2)CCNC3)oc2ccccc12. The summed E-state index contributed by atoms with van der Waals surface area (Å²) < 4.78 is 5.95. The first-order valence-electron chi connectivity index (χ1n) is 10.1.